The van der Waals surface area contributed by atoms with E-state index >= 15 is 0 Å². The molecule has 0 aliphatic rings. The summed E-state index contributed by atoms with van der Waals surface area (Å²) in [5, 5.41) is 9.58. The number of benzene rings is 1. The fourth-order valence-corrected chi connectivity index (χ4v) is 1.90. The maximum absolute atomic E-state index is 5.93. The summed E-state index contributed by atoms with van der Waals surface area (Å²) in [4.78, 5) is 0. The Hall–Kier alpha value is -1.81. The second kappa shape index (κ2) is 3.35. The molecule has 1 aromatic carbocycles. The zero-order chi connectivity index (χ0) is 11.1. The van der Waals surface area contributed by atoms with E-state index in [2.05, 4.69) is 10.2 Å². The van der Waals surface area contributed by atoms with Crippen molar-refractivity contribution in [1.82, 2.24) is 10.2 Å². The Balaban J connectivity index is 2.59. The standard InChI is InChI=1S/C11H7ClN2O2/c1-15-11-8-6-4-2-3-5-7(6)16-9(8)10(12)13-14-11/h2-5H,1H3. The number of methoxy groups -OCH3 is 1. The van der Waals surface area contributed by atoms with Gasteiger partial charge in [-0.3, -0.25) is 0 Å². The van der Waals surface area contributed by atoms with Gasteiger partial charge >= 0.3 is 0 Å². The Bertz CT molecular complexity index is 678. The highest BCUT2D eigenvalue weighted by Crippen LogP contribution is 2.36. The number of nitrogens with zero attached hydrogens (tertiary/aromatic N) is 2. The lowest BCUT2D eigenvalue weighted by Crippen LogP contribution is -1.91. The van der Waals surface area contributed by atoms with Gasteiger partial charge in [0, 0.05) is 5.39 Å². The van der Waals surface area contributed by atoms with Gasteiger partial charge in [0.05, 0.1) is 12.5 Å². The fraction of sp³-hybridized carbons (Fsp3) is 0.0909. The van der Waals surface area contributed by atoms with Crippen LogP contribution in [0.5, 0.6) is 5.88 Å². The molecule has 4 nitrogen and oxygen atoms in total. The van der Waals surface area contributed by atoms with Crippen LogP contribution >= 0.6 is 11.6 Å². The van der Waals surface area contributed by atoms with Gasteiger partial charge < -0.3 is 9.15 Å². The van der Waals surface area contributed by atoms with Gasteiger partial charge in [-0.2, -0.15) is 0 Å². The van der Waals surface area contributed by atoms with Gasteiger partial charge in [-0.25, -0.2) is 0 Å². The first-order chi connectivity index (χ1) is 7.81. The van der Waals surface area contributed by atoms with Crippen molar-refractivity contribution in [2.45, 2.75) is 0 Å². The molecule has 0 saturated carbocycles. The van der Waals surface area contributed by atoms with E-state index in [4.69, 9.17) is 20.8 Å². The molecule has 0 radical (unpaired) electrons. The van der Waals surface area contributed by atoms with Crippen LogP contribution in [0, 0.1) is 0 Å². The highest BCUT2D eigenvalue weighted by atomic mass is 35.5. The minimum absolute atomic E-state index is 0.243. The van der Waals surface area contributed by atoms with Crippen molar-refractivity contribution < 1.29 is 9.15 Å². The van der Waals surface area contributed by atoms with Crippen molar-refractivity contribution in [2.75, 3.05) is 7.11 Å². The lowest BCUT2D eigenvalue weighted by Gasteiger charge is -1.98. The third-order valence-corrected chi connectivity index (χ3v) is 2.67. The molecule has 3 rings (SSSR count). The number of ether oxygens (including phenoxy) is 1. The third kappa shape index (κ3) is 1.17. The molecule has 2 aromatic heterocycles. The molecule has 0 atom stereocenters. The molecule has 0 unspecified atom stereocenters. The number of para-hydroxylation sites is 1. The Morgan fingerprint density at radius 2 is 2.06 bits per heavy atom. The van der Waals surface area contributed by atoms with E-state index in [1.165, 1.54) is 0 Å². The van der Waals surface area contributed by atoms with Crippen LogP contribution in [0.25, 0.3) is 21.9 Å². The highest BCUT2D eigenvalue weighted by Gasteiger charge is 2.16. The van der Waals surface area contributed by atoms with E-state index in [-0.39, 0.29) is 5.15 Å². The second-order valence-corrected chi connectivity index (χ2v) is 3.66. The van der Waals surface area contributed by atoms with Gasteiger partial charge in [-0.05, 0) is 6.07 Å². The Morgan fingerprint density at radius 1 is 1.25 bits per heavy atom. The van der Waals surface area contributed by atoms with Crippen LogP contribution < -0.4 is 4.74 Å². The third-order valence-electron chi connectivity index (χ3n) is 2.42. The first-order valence-corrected chi connectivity index (χ1v) is 5.06. The summed E-state index contributed by atoms with van der Waals surface area (Å²) < 4.78 is 10.8. The molecule has 16 heavy (non-hydrogen) atoms. The Kier molecular flexibility index (Phi) is 1.97. The van der Waals surface area contributed by atoms with Crippen molar-refractivity contribution in [2.24, 2.45) is 0 Å². The van der Waals surface area contributed by atoms with Crippen LogP contribution in [0.3, 0.4) is 0 Å². The van der Waals surface area contributed by atoms with E-state index in [9.17, 15) is 0 Å². The molecule has 3 aromatic rings. The minimum Gasteiger partial charge on any atom is -0.479 e. The summed E-state index contributed by atoms with van der Waals surface area (Å²) in [5.74, 6) is 0.421. The van der Waals surface area contributed by atoms with Gasteiger partial charge in [0.15, 0.2) is 10.7 Å². The predicted octanol–water partition coefficient (Wildman–Crippen LogP) is 3.04. The molecule has 0 bridgehead atoms. The SMILES string of the molecule is COc1nnc(Cl)c2oc3ccccc3c12. The number of aromatic nitrogens is 2. The molecule has 80 valence electrons. The molecule has 2 heterocycles. The number of furan rings is 1. The van der Waals surface area contributed by atoms with E-state index in [0.717, 1.165) is 16.4 Å². The molecular weight excluding hydrogens is 228 g/mol. The molecule has 0 aliphatic carbocycles. The van der Waals surface area contributed by atoms with Crippen LogP contribution in [0.2, 0.25) is 5.15 Å². The topological polar surface area (TPSA) is 48.2 Å². The van der Waals surface area contributed by atoms with Crippen molar-refractivity contribution in [1.29, 1.82) is 0 Å². The Morgan fingerprint density at radius 3 is 2.88 bits per heavy atom. The van der Waals surface area contributed by atoms with Gasteiger partial charge in [0.2, 0.25) is 5.88 Å². The first-order valence-electron chi connectivity index (χ1n) is 4.68. The maximum atomic E-state index is 5.93. The van der Waals surface area contributed by atoms with Crippen LogP contribution in [0.1, 0.15) is 0 Å². The molecule has 5 heteroatoms. The van der Waals surface area contributed by atoms with Crippen LogP contribution in [0.4, 0.5) is 0 Å². The minimum atomic E-state index is 0.243. The molecular formula is C11H7ClN2O2. The summed E-state index contributed by atoms with van der Waals surface area (Å²) in [6, 6.07) is 7.61. The molecule has 0 fully saturated rings. The summed E-state index contributed by atoms with van der Waals surface area (Å²) in [7, 11) is 1.54. The van der Waals surface area contributed by atoms with Crippen molar-refractivity contribution >= 4 is 33.5 Å². The summed E-state index contributed by atoms with van der Waals surface area (Å²) in [6.07, 6.45) is 0. The molecule has 0 saturated heterocycles. The predicted molar refractivity (Wildman–Crippen MR) is 60.9 cm³/mol. The lowest BCUT2D eigenvalue weighted by atomic mass is 10.2. The largest absolute Gasteiger partial charge is 0.479 e. The molecule has 0 amide bonds. The maximum Gasteiger partial charge on any atom is 0.245 e. The van der Waals surface area contributed by atoms with Crippen LogP contribution in [-0.4, -0.2) is 17.3 Å². The fourth-order valence-electron chi connectivity index (χ4n) is 1.73. The van der Waals surface area contributed by atoms with Gasteiger partial charge in [-0.1, -0.05) is 29.8 Å². The van der Waals surface area contributed by atoms with E-state index in [1.54, 1.807) is 7.11 Å². The number of hydrogen-bond donors (Lipinski definition) is 0. The summed E-state index contributed by atoms with van der Waals surface area (Å²) >= 11 is 5.93. The monoisotopic (exact) mass is 234 g/mol. The first kappa shape index (κ1) is 9.42. The highest BCUT2D eigenvalue weighted by molar-refractivity contribution is 6.34. The quantitative estimate of drug-likeness (QED) is 0.649. The number of rotatable bonds is 1. The van der Waals surface area contributed by atoms with E-state index in [0.29, 0.717) is 11.5 Å². The van der Waals surface area contributed by atoms with Crippen molar-refractivity contribution in [3.8, 4) is 5.88 Å². The van der Waals surface area contributed by atoms with E-state index in [1.807, 2.05) is 24.3 Å². The molecule has 0 aliphatic heterocycles. The van der Waals surface area contributed by atoms with Gasteiger partial charge in [0.1, 0.15) is 5.58 Å². The van der Waals surface area contributed by atoms with E-state index < -0.39 is 0 Å². The van der Waals surface area contributed by atoms with Crippen LogP contribution in [0.15, 0.2) is 28.7 Å². The number of halogens is 1. The molecule has 0 spiro atoms. The second-order valence-electron chi connectivity index (χ2n) is 3.30. The average Bonchev–Trinajstić information content (AvgIpc) is 2.70. The van der Waals surface area contributed by atoms with Crippen LogP contribution in [-0.2, 0) is 0 Å². The zero-order valence-electron chi connectivity index (χ0n) is 8.40. The molecule has 0 N–H and O–H groups in total. The zero-order valence-corrected chi connectivity index (χ0v) is 9.15. The van der Waals surface area contributed by atoms with Gasteiger partial charge in [-0.15, -0.1) is 10.2 Å². The van der Waals surface area contributed by atoms with Gasteiger partial charge in [0.25, 0.3) is 0 Å². The lowest BCUT2D eigenvalue weighted by molar-refractivity contribution is 0.397. The summed E-state index contributed by atoms with van der Waals surface area (Å²) in [5.41, 5.74) is 1.25. The number of hydrogen-bond acceptors (Lipinski definition) is 4. The Labute approximate surface area is 95.8 Å². The normalized spacial score (nSPS) is 11.1. The van der Waals surface area contributed by atoms with Crippen molar-refractivity contribution in [3.63, 3.8) is 0 Å². The number of fused-ring (bicyclic) bond motifs is 3. The smallest absolute Gasteiger partial charge is 0.245 e. The summed E-state index contributed by atoms with van der Waals surface area (Å²) in [6.45, 7) is 0. The average molecular weight is 235 g/mol. The van der Waals surface area contributed by atoms with Crippen molar-refractivity contribution in [3.05, 3.63) is 29.4 Å².